The third kappa shape index (κ3) is 7.21. The zero-order chi connectivity index (χ0) is 24.9. The molecule has 2 aromatic rings. The minimum Gasteiger partial charge on any atom is -0.482 e. The molecule has 1 aliphatic heterocycles. The second-order valence-electron chi connectivity index (χ2n) is 9.83. The number of carbonyl (C=O) groups is 2. The zero-order valence-corrected chi connectivity index (χ0v) is 21.5. The average molecular weight is 487 g/mol. The maximum absolute atomic E-state index is 13.0. The van der Waals surface area contributed by atoms with Crippen molar-refractivity contribution in [3.63, 3.8) is 0 Å². The van der Waals surface area contributed by atoms with Gasteiger partial charge in [-0.25, -0.2) is 4.79 Å². The number of piperazine rings is 1. The number of ether oxygens (including phenoxy) is 2. The predicted molar refractivity (Wildman–Crippen MR) is 134 cm³/mol. The predicted octanol–water partition coefficient (Wildman–Crippen LogP) is 4.72. The monoisotopic (exact) mass is 486 g/mol. The Hall–Kier alpha value is -2.57. The number of esters is 1. The summed E-state index contributed by atoms with van der Waals surface area (Å²) in [5, 5.41) is 0.608. The van der Waals surface area contributed by atoms with E-state index in [-0.39, 0.29) is 24.6 Å². The number of amides is 1. The molecule has 184 valence electrons. The second-order valence-corrected chi connectivity index (χ2v) is 10.3. The highest BCUT2D eigenvalue weighted by molar-refractivity contribution is 6.30. The first-order chi connectivity index (χ1) is 16.0. The van der Waals surface area contributed by atoms with Crippen LogP contribution in [-0.2, 0) is 27.3 Å². The molecule has 1 aliphatic rings. The summed E-state index contributed by atoms with van der Waals surface area (Å²) in [6.07, 6.45) is 0.412. The van der Waals surface area contributed by atoms with E-state index < -0.39 is 11.6 Å². The standard InChI is InChI=1S/C27H35ClN2O4/c1-19-20(2)30(25(31)15-21-9-7-6-8-10-21)14-13-29(19)17-22-16-23(28)11-12-24(22)33-18-26(32)34-27(3,4)5/h6-12,16,19-20H,13-15,17-18H2,1-5H3/t19-,20+/m1/s1. The lowest BCUT2D eigenvalue weighted by Gasteiger charge is -2.45. The Morgan fingerprint density at radius 3 is 2.41 bits per heavy atom. The van der Waals surface area contributed by atoms with Crippen LogP contribution in [0.1, 0.15) is 45.7 Å². The third-order valence-corrected chi connectivity index (χ3v) is 6.31. The van der Waals surface area contributed by atoms with E-state index in [2.05, 4.69) is 18.7 Å². The van der Waals surface area contributed by atoms with Crippen LogP contribution in [0.2, 0.25) is 5.02 Å². The van der Waals surface area contributed by atoms with Crippen LogP contribution in [-0.4, -0.2) is 59.1 Å². The van der Waals surface area contributed by atoms with Gasteiger partial charge in [0, 0.05) is 42.3 Å². The van der Waals surface area contributed by atoms with Gasteiger partial charge in [0.05, 0.1) is 6.42 Å². The first-order valence-corrected chi connectivity index (χ1v) is 12.1. The number of rotatable bonds is 7. The van der Waals surface area contributed by atoms with Gasteiger partial charge in [-0.15, -0.1) is 0 Å². The Balaban J connectivity index is 1.64. The Kier molecular flexibility index (Phi) is 8.61. The Morgan fingerprint density at radius 1 is 1.03 bits per heavy atom. The summed E-state index contributed by atoms with van der Waals surface area (Å²) in [5.41, 5.74) is 1.37. The SMILES string of the molecule is C[C@@H]1[C@H](C)N(C(=O)Cc2ccccc2)CCN1Cc1cc(Cl)ccc1OCC(=O)OC(C)(C)C. The number of halogens is 1. The van der Waals surface area contributed by atoms with Crippen LogP contribution in [0.25, 0.3) is 0 Å². The van der Waals surface area contributed by atoms with Crippen molar-refractivity contribution < 1.29 is 19.1 Å². The molecule has 0 saturated carbocycles. The van der Waals surface area contributed by atoms with Gasteiger partial charge in [-0.05, 0) is 58.4 Å². The molecule has 1 heterocycles. The number of benzene rings is 2. The fourth-order valence-electron chi connectivity index (χ4n) is 4.19. The first-order valence-electron chi connectivity index (χ1n) is 11.7. The van der Waals surface area contributed by atoms with Crippen molar-refractivity contribution in [2.75, 3.05) is 19.7 Å². The van der Waals surface area contributed by atoms with E-state index in [1.807, 2.05) is 62.1 Å². The van der Waals surface area contributed by atoms with Gasteiger partial charge in [0.1, 0.15) is 11.4 Å². The topological polar surface area (TPSA) is 59.1 Å². The van der Waals surface area contributed by atoms with E-state index in [1.54, 1.807) is 12.1 Å². The van der Waals surface area contributed by atoms with E-state index in [0.29, 0.717) is 30.3 Å². The molecule has 0 radical (unpaired) electrons. The lowest BCUT2D eigenvalue weighted by molar-refractivity contribution is -0.157. The second kappa shape index (κ2) is 11.2. The largest absolute Gasteiger partial charge is 0.482 e. The van der Waals surface area contributed by atoms with E-state index in [1.165, 1.54) is 0 Å². The molecule has 7 heteroatoms. The summed E-state index contributed by atoms with van der Waals surface area (Å²) in [4.78, 5) is 29.4. The Labute approximate surface area is 207 Å². The fraction of sp³-hybridized carbons (Fsp3) is 0.481. The van der Waals surface area contributed by atoms with Gasteiger partial charge in [0.2, 0.25) is 5.91 Å². The number of hydrogen-bond donors (Lipinski definition) is 0. The first kappa shape index (κ1) is 26.0. The highest BCUT2D eigenvalue weighted by Crippen LogP contribution is 2.28. The van der Waals surface area contributed by atoms with Crippen molar-refractivity contribution in [3.8, 4) is 5.75 Å². The molecular weight excluding hydrogens is 452 g/mol. The van der Waals surface area contributed by atoms with Gasteiger partial charge in [-0.2, -0.15) is 0 Å². The molecule has 34 heavy (non-hydrogen) atoms. The number of nitrogens with zero attached hydrogens (tertiary/aromatic N) is 2. The molecule has 0 unspecified atom stereocenters. The van der Waals surface area contributed by atoms with Crippen molar-refractivity contribution in [1.82, 2.24) is 9.80 Å². The van der Waals surface area contributed by atoms with Gasteiger partial charge in [-0.1, -0.05) is 41.9 Å². The van der Waals surface area contributed by atoms with Crippen LogP contribution in [0.15, 0.2) is 48.5 Å². The fourth-order valence-corrected chi connectivity index (χ4v) is 4.39. The lowest BCUT2D eigenvalue weighted by atomic mass is 10.0. The van der Waals surface area contributed by atoms with Crippen LogP contribution in [0.3, 0.4) is 0 Å². The summed E-state index contributed by atoms with van der Waals surface area (Å²) in [5.74, 6) is 0.341. The molecule has 0 aromatic heterocycles. The van der Waals surface area contributed by atoms with E-state index in [9.17, 15) is 9.59 Å². The van der Waals surface area contributed by atoms with Crippen molar-refractivity contribution in [2.45, 2.75) is 65.3 Å². The molecule has 3 rings (SSSR count). The highest BCUT2D eigenvalue weighted by Gasteiger charge is 2.33. The molecule has 0 spiro atoms. The minimum absolute atomic E-state index is 0.0651. The van der Waals surface area contributed by atoms with Crippen LogP contribution in [0.4, 0.5) is 0 Å². The van der Waals surface area contributed by atoms with Gasteiger partial charge in [0.25, 0.3) is 0 Å². The molecular formula is C27H35ClN2O4. The molecule has 0 N–H and O–H groups in total. The van der Waals surface area contributed by atoms with Gasteiger partial charge in [0.15, 0.2) is 6.61 Å². The van der Waals surface area contributed by atoms with Gasteiger partial charge >= 0.3 is 5.97 Å². The van der Waals surface area contributed by atoms with Crippen LogP contribution in [0.5, 0.6) is 5.75 Å². The molecule has 0 aliphatic carbocycles. The average Bonchev–Trinajstić information content (AvgIpc) is 2.76. The maximum Gasteiger partial charge on any atom is 0.344 e. The molecule has 1 amide bonds. The van der Waals surface area contributed by atoms with Crippen molar-refractivity contribution >= 4 is 23.5 Å². The van der Waals surface area contributed by atoms with Crippen molar-refractivity contribution in [1.29, 1.82) is 0 Å². The van der Waals surface area contributed by atoms with Gasteiger partial charge in [-0.3, -0.25) is 9.69 Å². The molecule has 2 aromatic carbocycles. The molecule has 6 nitrogen and oxygen atoms in total. The molecule has 1 saturated heterocycles. The van der Waals surface area contributed by atoms with Gasteiger partial charge < -0.3 is 14.4 Å². The van der Waals surface area contributed by atoms with Crippen LogP contribution >= 0.6 is 11.6 Å². The highest BCUT2D eigenvalue weighted by atomic mass is 35.5. The lowest BCUT2D eigenvalue weighted by Crippen LogP contribution is -2.58. The van der Waals surface area contributed by atoms with Crippen LogP contribution in [0, 0.1) is 0 Å². The number of carbonyl (C=O) groups excluding carboxylic acids is 2. The smallest absolute Gasteiger partial charge is 0.344 e. The summed E-state index contributed by atoms with van der Waals surface area (Å²) in [6.45, 7) is 11.5. The Bertz CT molecular complexity index is 990. The van der Waals surface area contributed by atoms with Crippen LogP contribution < -0.4 is 4.74 Å². The van der Waals surface area contributed by atoms with Crippen molar-refractivity contribution in [2.24, 2.45) is 0 Å². The van der Waals surface area contributed by atoms with E-state index >= 15 is 0 Å². The third-order valence-electron chi connectivity index (χ3n) is 6.07. The quantitative estimate of drug-likeness (QED) is 0.530. The summed E-state index contributed by atoms with van der Waals surface area (Å²) in [6, 6.07) is 15.5. The van der Waals surface area contributed by atoms with Crippen molar-refractivity contribution in [3.05, 3.63) is 64.7 Å². The molecule has 1 fully saturated rings. The molecule has 2 atom stereocenters. The number of hydrogen-bond acceptors (Lipinski definition) is 5. The Morgan fingerprint density at radius 2 is 1.74 bits per heavy atom. The van der Waals surface area contributed by atoms with E-state index in [4.69, 9.17) is 21.1 Å². The summed E-state index contributed by atoms with van der Waals surface area (Å²) < 4.78 is 11.1. The van der Waals surface area contributed by atoms with E-state index in [0.717, 1.165) is 17.7 Å². The zero-order valence-electron chi connectivity index (χ0n) is 20.7. The maximum atomic E-state index is 13.0. The normalized spacial score (nSPS) is 19.1. The summed E-state index contributed by atoms with van der Waals surface area (Å²) in [7, 11) is 0. The summed E-state index contributed by atoms with van der Waals surface area (Å²) >= 11 is 6.27. The molecule has 0 bridgehead atoms. The minimum atomic E-state index is -0.563.